The summed E-state index contributed by atoms with van der Waals surface area (Å²) in [6, 6.07) is 0. The summed E-state index contributed by atoms with van der Waals surface area (Å²) in [6.07, 6.45) is -0.483. The van der Waals surface area contributed by atoms with Gasteiger partial charge in [-0.05, 0) is 6.92 Å². The van der Waals surface area contributed by atoms with Crippen LogP contribution in [0.1, 0.15) is 6.92 Å². The van der Waals surface area contributed by atoms with Crippen molar-refractivity contribution in [3.8, 4) is 0 Å². The number of nitrogens with zero attached hydrogens (tertiary/aromatic N) is 1. The van der Waals surface area contributed by atoms with Gasteiger partial charge in [-0.2, -0.15) is 0 Å². The molecule has 0 radical (unpaired) electrons. The van der Waals surface area contributed by atoms with Crippen LogP contribution in [-0.4, -0.2) is 62.4 Å². The van der Waals surface area contributed by atoms with Gasteiger partial charge in [-0.15, -0.1) is 0 Å². The van der Waals surface area contributed by atoms with Gasteiger partial charge in [0.05, 0.1) is 19.3 Å². The van der Waals surface area contributed by atoms with Crippen molar-refractivity contribution in [3.63, 3.8) is 0 Å². The number of aliphatic hydroxyl groups is 1. The van der Waals surface area contributed by atoms with Crippen LogP contribution < -0.4 is 5.32 Å². The predicted molar refractivity (Wildman–Crippen MR) is 54.1 cm³/mol. The van der Waals surface area contributed by atoms with Crippen LogP contribution in [0.4, 0.5) is 0 Å². The van der Waals surface area contributed by atoms with Crippen molar-refractivity contribution >= 4 is 5.91 Å². The van der Waals surface area contributed by atoms with Crippen LogP contribution in [0.15, 0.2) is 0 Å². The first-order valence-corrected chi connectivity index (χ1v) is 4.69. The second kappa shape index (κ2) is 7.73. The van der Waals surface area contributed by atoms with Gasteiger partial charge >= 0.3 is 0 Å². The fourth-order valence-corrected chi connectivity index (χ4v) is 1.00. The molecule has 0 spiro atoms. The zero-order valence-electron chi connectivity index (χ0n) is 9.12. The number of hydrogen-bond acceptors (Lipinski definition) is 4. The van der Waals surface area contributed by atoms with E-state index >= 15 is 0 Å². The van der Waals surface area contributed by atoms with Crippen LogP contribution in [0.2, 0.25) is 0 Å². The number of nitrogens with one attached hydrogen (secondary N) is 1. The summed E-state index contributed by atoms with van der Waals surface area (Å²) >= 11 is 0. The molecule has 5 heteroatoms. The predicted octanol–water partition coefficient (Wildman–Crippen LogP) is -0.938. The van der Waals surface area contributed by atoms with E-state index in [0.717, 1.165) is 0 Å². The molecule has 5 nitrogen and oxygen atoms in total. The lowest BCUT2D eigenvalue weighted by molar-refractivity contribution is -0.130. The number of ether oxygens (including phenoxy) is 1. The fraction of sp³-hybridized carbons (Fsp3) is 0.889. The van der Waals surface area contributed by atoms with Gasteiger partial charge in [0.2, 0.25) is 5.91 Å². The van der Waals surface area contributed by atoms with Crippen LogP contribution in [0.3, 0.4) is 0 Å². The minimum atomic E-state index is -0.483. The molecule has 0 rings (SSSR count). The van der Waals surface area contributed by atoms with Crippen LogP contribution in [0, 0.1) is 0 Å². The third-order valence-corrected chi connectivity index (χ3v) is 1.72. The third kappa shape index (κ3) is 6.82. The number of aliphatic hydroxyl groups excluding tert-OH is 1. The molecule has 0 aromatic carbocycles. The monoisotopic (exact) mass is 204 g/mol. The Labute approximate surface area is 85.0 Å². The number of likely N-dealkylation sites (N-methyl/N-ethyl adjacent to an activating group) is 1. The summed E-state index contributed by atoms with van der Waals surface area (Å²) in [4.78, 5) is 12.9. The van der Waals surface area contributed by atoms with Gasteiger partial charge in [0.15, 0.2) is 0 Å². The second-order valence-corrected chi connectivity index (χ2v) is 3.29. The first-order chi connectivity index (χ1) is 6.57. The minimum absolute atomic E-state index is 0.0259. The topological polar surface area (TPSA) is 61.8 Å². The third-order valence-electron chi connectivity index (χ3n) is 1.72. The highest BCUT2D eigenvalue weighted by atomic mass is 16.5. The van der Waals surface area contributed by atoms with Crippen molar-refractivity contribution in [2.75, 3.05) is 40.4 Å². The quantitative estimate of drug-likeness (QED) is 0.526. The zero-order chi connectivity index (χ0) is 11.0. The first-order valence-electron chi connectivity index (χ1n) is 4.69. The molecule has 2 N–H and O–H groups in total. The summed E-state index contributed by atoms with van der Waals surface area (Å²) in [5.74, 6) is -0.0259. The smallest absolute Gasteiger partial charge is 0.236 e. The van der Waals surface area contributed by atoms with Crippen molar-refractivity contribution in [2.45, 2.75) is 13.0 Å². The molecule has 14 heavy (non-hydrogen) atoms. The lowest BCUT2D eigenvalue weighted by Crippen LogP contribution is -2.39. The molecule has 0 saturated carbocycles. The number of carbonyl (C=O) groups is 1. The molecular formula is C9H20N2O3. The van der Waals surface area contributed by atoms with Crippen LogP contribution in [0.25, 0.3) is 0 Å². The molecule has 0 aliphatic rings. The zero-order valence-corrected chi connectivity index (χ0v) is 9.12. The average Bonchev–Trinajstić information content (AvgIpc) is 2.11. The van der Waals surface area contributed by atoms with Gasteiger partial charge in [-0.25, -0.2) is 0 Å². The average molecular weight is 204 g/mol. The molecule has 0 saturated heterocycles. The maximum absolute atomic E-state index is 11.4. The van der Waals surface area contributed by atoms with Crippen LogP contribution in [0.5, 0.6) is 0 Å². The molecule has 0 aromatic rings. The Kier molecular flexibility index (Phi) is 7.37. The van der Waals surface area contributed by atoms with E-state index < -0.39 is 6.10 Å². The Bertz CT molecular complexity index is 162. The number of carbonyl (C=O) groups excluding carboxylic acids is 1. The van der Waals surface area contributed by atoms with Gasteiger partial charge in [0.25, 0.3) is 0 Å². The molecular weight excluding hydrogens is 184 g/mol. The summed E-state index contributed by atoms with van der Waals surface area (Å²) in [5.41, 5.74) is 0. The van der Waals surface area contributed by atoms with Crippen molar-refractivity contribution in [1.82, 2.24) is 10.2 Å². The largest absolute Gasteiger partial charge is 0.392 e. The van der Waals surface area contributed by atoms with Crippen LogP contribution in [-0.2, 0) is 9.53 Å². The maximum Gasteiger partial charge on any atom is 0.236 e. The Morgan fingerprint density at radius 2 is 2.29 bits per heavy atom. The van der Waals surface area contributed by atoms with Gasteiger partial charge in [-0.3, -0.25) is 4.79 Å². The fourth-order valence-electron chi connectivity index (χ4n) is 1.00. The highest BCUT2D eigenvalue weighted by Crippen LogP contribution is 1.88. The van der Waals surface area contributed by atoms with Gasteiger partial charge in [-0.1, -0.05) is 0 Å². The van der Waals surface area contributed by atoms with E-state index in [4.69, 9.17) is 9.84 Å². The number of methoxy groups -OCH3 is 1. The van der Waals surface area contributed by atoms with Gasteiger partial charge < -0.3 is 20.1 Å². The minimum Gasteiger partial charge on any atom is -0.392 e. The standard InChI is InChI=1S/C9H20N2O3/c1-8(12)7-11(2)9(13)6-10-4-5-14-3/h8,10,12H,4-7H2,1-3H3. The number of hydrogen-bond donors (Lipinski definition) is 2. The Morgan fingerprint density at radius 1 is 1.64 bits per heavy atom. The summed E-state index contributed by atoms with van der Waals surface area (Å²) in [7, 11) is 3.29. The van der Waals surface area contributed by atoms with Crippen molar-refractivity contribution < 1.29 is 14.6 Å². The van der Waals surface area contributed by atoms with Crippen molar-refractivity contribution in [2.24, 2.45) is 0 Å². The lowest BCUT2D eigenvalue weighted by atomic mass is 10.3. The van der Waals surface area contributed by atoms with E-state index in [2.05, 4.69) is 5.32 Å². The molecule has 0 heterocycles. The molecule has 0 aromatic heterocycles. The highest BCUT2D eigenvalue weighted by molar-refractivity contribution is 5.77. The molecule has 1 unspecified atom stereocenters. The normalized spacial score (nSPS) is 12.6. The van der Waals surface area contributed by atoms with E-state index in [1.165, 1.54) is 4.90 Å². The van der Waals surface area contributed by atoms with Crippen molar-refractivity contribution in [1.29, 1.82) is 0 Å². The van der Waals surface area contributed by atoms with Gasteiger partial charge in [0.1, 0.15) is 0 Å². The van der Waals surface area contributed by atoms with Gasteiger partial charge in [0, 0.05) is 27.2 Å². The van der Waals surface area contributed by atoms with E-state index in [9.17, 15) is 4.79 Å². The summed E-state index contributed by atoms with van der Waals surface area (Å²) in [6.45, 7) is 3.55. The molecule has 0 fully saturated rings. The first kappa shape index (κ1) is 13.4. The Balaban J connectivity index is 3.52. The lowest BCUT2D eigenvalue weighted by Gasteiger charge is -2.18. The second-order valence-electron chi connectivity index (χ2n) is 3.29. The molecule has 1 amide bonds. The van der Waals surface area contributed by atoms with E-state index in [0.29, 0.717) is 19.7 Å². The number of rotatable bonds is 7. The van der Waals surface area contributed by atoms with E-state index in [-0.39, 0.29) is 12.5 Å². The molecule has 0 bridgehead atoms. The van der Waals surface area contributed by atoms with Crippen molar-refractivity contribution in [3.05, 3.63) is 0 Å². The molecule has 84 valence electrons. The SMILES string of the molecule is COCCNCC(=O)N(C)CC(C)O. The van der Waals surface area contributed by atoms with Crippen LogP contribution >= 0.6 is 0 Å². The number of amides is 1. The molecule has 0 aliphatic heterocycles. The summed E-state index contributed by atoms with van der Waals surface area (Å²) < 4.78 is 4.82. The van der Waals surface area contributed by atoms with E-state index in [1.807, 2.05) is 0 Å². The highest BCUT2D eigenvalue weighted by Gasteiger charge is 2.09. The Morgan fingerprint density at radius 3 is 2.79 bits per heavy atom. The Hall–Kier alpha value is -0.650. The van der Waals surface area contributed by atoms with E-state index in [1.54, 1.807) is 21.1 Å². The molecule has 0 aliphatic carbocycles. The molecule has 1 atom stereocenters. The summed E-state index contributed by atoms with van der Waals surface area (Å²) in [5, 5.41) is 12.0. The maximum atomic E-state index is 11.4.